The van der Waals surface area contributed by atoms with Gasteiger partial charge in [0.1, 0.15) is 11.6 Å². The standard InChI is InChI=1S/C18H18N2O4/c1-11-19-13-10-17(24-4)16(23-3)9-12(13)18(21)20(11)14-7-5-6-8-15(14)22-2/h5-10H,1-4H3. The van der Waals surface area contributed by atoms with Gasteiger partial charge in [0.25, 0.3) is 5.56 Å². The Morgan fingerprint density at radius 3 is 2.21 bits per heavy atom. The Hall–Kier alpha value is -3.02. The van der Waals surface area contributed by atoms with Crippen molar-refractivity contribution in [3.8, 4) is 22.9 Å². The molecule has 3 rings (SSSR count). The van der Waals surface area contributed by atoms with E-state index >= 15 is 0 Å². The lowest BCUT2D eigenvalue weighted by atomic mass is 10.2. The number of nitrogens with zero attached hydrogens (tertiary/aromatic N) is 2. The molecule has 0 atom stereocenters. The van der Waals surface area contributed by atoms with Gasteiger partial charge in [0.05, 0.1) is 37.9 Å². The van der Waals surface area contributed by atoms with E-state index in [1.54, 1.807) is 39.3 Å². The molecule has 0 spiro atoms. The maximum atomic E-state index is 13.1. The van der Waals surface area contributed by atoms with E-state index in [-0.39, 0.29) is 5.56 Å². The summed E-state index contributed by atoms with van der Waals surface area (Å²) in [4.78, 5) is 17.6. The summed E-state index contributed by atoms with van der Waals surface area (Å²) < 4.78 is 17.5. The Bertz CT molecular complexity index is 963. The van der Waals surface area contributed by atoms with Crippen LogP contribution in [-0.4, -0.2) is 30.9 Å². The minimum Gasteiger partial charge on any atom is -0.495 e. The van der Waals surface area contributed by atoms with E-state index in [1.165, 1.54) is 11.7 Å². The van der Waals surface area contributed by atoms with E-state index < -0.39 is 0 Å². The summed E-state index contributed by atoms with van der Waals surface area (Å²) in [5.41, 5.74) is 1.01. The van der Waals surface area contributed by atoms with Crippen molar-refractivity contribution in [2.24, 2.45) is 0 Å². The smallest absolute Gasteiger partial charge is 0.266 e. The second-order valence-electron chi connectivity index (χ2n) is 5.20. The third kappa shape index (κ3) is 2.46. The summed E-state index contributed by atoms with van der Waals surface area (Å²) in [5, 5.41) is 0.448. The van der Waals surface area contributed by atoms with Crippen LogP contribution < -0.4 is 19.8 Å². The zero-order valence-electron chi connectivity index (χ0n) is 14.0. The van der Waals surface area contributed by atoms with Gasteiger partial charge in [-0.2, -0.15) is 0 Å². The van der Waals surface area contributed by atoms with E-state index in [0.29, 0.717) is 39.7 Å². The van der Waals surface area contributed by atoms with E-state index in [1.807, 2.05) is 18.2 Å². The van der Waals surface area contributed by atoms with Gasteiger partial charge < -0.3 is 14.2 Å². The predicted molar refractivity (Wildman–Crippen MR) is 91.7 cm³/mol. The van der Waals surface area contributed by atoms with Crippen LogP contribution in [0, 0.1) is 6.92 Å². The highest BCUT2D eigenvalue weighted by molar-refractivity contribution is 5.82. The number of hydrogen-bond donors (Lipinski definition) is 0. The molecule has 0 aliphatic rings. The van der Waals surface area contributed by atoms with E-state index in [2.05, 4.69) is 4.98 Å². The third-order valence-corrected chi connectivity index (χ3v) is 3.87. The Kier molecular flexibility index (Phi) is 4.12. The van der Waals surface area contributed by atoms with Crippen molar-refractivity contribution >= 4 is 10.9 Å². The van der Waals surface area contributed by atoms with Gasteiger partial charge in [0.15, 0.2) is 11.5 Å². The van der Waals surface area contributed by atoms with Crippen molar-refractivity contribution < 1.29 is 14.2 Å². The zero-order chi connectivity index (χ0) is 17.3. The normalized spacial score (nSPS) is 10.7. The molecular formula is C18H18N2O4. The van der Waals surface area contributed by atoms with Crippen molar-refractivity contribution in [1.82, 2.24) is 9.55 Å². The highest BCUT2D eigenvalue weighted by Crippen LogP contribution is 2.31. The van der Waals surface area contributed by atoms with Crippen LogP contribution in [0.1, 0.15) is 5.82 Å². The molecule has 0 fully saturated rings. The second kappa shape index (κ2) is 6.23. The number of aromatic nitrogens is 2. The molecule has 0 unspecified atom stereocenters. The number of benzene rings is 2. The van der Waals surface area contributed by atoms with E-state index in [0.717, 1.165) is 0 Å². The lowest BCUT2D eigenvalue weighted by Gasteiger charge is -2.15. The molecule has 1 heterocycles. The van der Waals surface area contributed by atoms with Gasteiger partial charge in [-0.05, 0) is 25.1 Å². The topological polar surface area (TPSA) is 62.6 Å². The minimum absolute atomic E-state index is 0.192. The Labute approximate surface area is 139 Å². The number of hydrogen-bond acceptors (Lipinski definition) is 5. The minimum atomic E-state index is -0.192. The van der Waals surface area contributed by atoms with Crippen molar-refractivity contribution in [2.75, 3.05) is 21.3 Å². The number of fused-ring (bicyclic) bond motifs is 1. The first-order valence-corrected chi connectivity index (χ1v) is 7.39. The number of rotatable bonds is 4. The molecule has 124 valence electrons. The fraction of sp³-hybridized carbons (Fsp3) is 0.222. The fourth-order valence-electron chi connectivity index (χ4n) is 2.72. The average molecular weight is 326 g/mol. The number of aryl methyl sites for hydroxylation is 1. The van der Waals surface area contributed by atoms with Gasteiger partial charge >= 0.3 is 0 Å². The Morgan fingerprint density at radius 2 is 1.54 bits per heavy atom. The highest BCUT2D eigenvalue weighted by Gasteiger charge is 2.16. The average Bonchev–Trinajstić information content (AvgIpc) is 2.61. The molecule has 0 radical (unpaired) electrons. The maximum absolute atomic E-state index is 13.1. The summed E-state index contributed by atoms with van der Waals surface area (Å²) in [7, 11) is 4.65. The Balaban J connectivity index is 2.37. The van der Waals surface area contributed by atoms with Crippen LogP contribution in [-0.2, 0) is 0 Å². The van der Waals surface area contributed by atoms with Gasteiger partial charge in [0.2, 0.25) is 0 Å². The molecule has 0 saturated carbocycles. The molecule has 6 heteroatoms. The van der Waals surface area contributed by atoms with E-state index in [4.69, 9.17) is 14.2 Å². The number of ether oxygens (including phenoxy) is 3. The summed E-state index contributed by atoms with van der Waals surface area (Å²) in [5.74, 6) is 2.18. The maximum Gasteiger partial charge on any atom is 0.266 e. The van der Waals surface area contributed by atoms with Crippen LogP contribution >= 0.6 is 0 Å². The number of methoxy groups -OCH3 is 3. The van der Waals surface area contributed by atoms with E-state index in [9.17, 15) is 4.79 Å². The first-order valence-electron chi connectivity index (χ1n) is 7.39. The summed E-state index contributed by atoms with van der Waals surface area (Å²) in [6, 6.07) is 10.7. The Morgan fingerprint density at radius 1 is 0.917 bits per heavy atom. The molecule has 1 aromatic heterocycles. The largest absolute Gasteiger partial charge is 0.495 e. The molecule has 3 aromatic rings. The van der Waals surface area contributed by atoms with Gasteiger partial charge in [-0.15, -0.1) is 0 Å². The molecular weight excluding hydrogens is 308 g/mol. The molecule has 0 saturated heterocycles. The highest BCUT2D eigenvalue weighted by atomic mass is 16.5. The predicted octanol–water partition coefficient (Wildman–Crippen LogP) is 2.72. The van der Waals surface area contributed by atoms with Crippen LogP contribution in [0.15, 0.2) is 41.2 Å². The molecule has 0 amide bonds. The van der Waals surface area contributed by atoms with Gasteiger partial charge in [-0.25, -0.2) is 4.98 Å². The van der Waals surface area contributed by atoms with Gasteiger partial charge in [-0.3, -0.25) is 9.36 Å². The van der Waals surface area contributed by atoms with Crippen LogP contribution in [0.4, 0.5) is 0 Å². The first-order chi connectivity index (χ1) is 11.6. The monoisotopic (exact) mass is 326 g/mol. The fourth-order valence-corrected chi connectivity index (χ4v) is 2.72. The first kappa shape index (κ1) is 15.9. The van der Waals surface area contributed by atoms with Gasteiger partial charge in [-0.1, -0.05) is 12.1 Å². The lowest BCUT2D eigenvalue weighted by Crippen LogP contribution is -2.22. The summed E-state index contributed by atoms with van der Waals surface area (Å²) in [6.45, 7) is 1.78. The SMILES string of the molecule is COc1cc2nc(C)n(-c3ccccc3OC)c(=O)c2cc1OC. The quantitative estimate of drug-likeness (QED) is 0.738. The molecule has 0 bridgehead atoms. The van der Waals surface area contributed by atoms with Crippen LogP contribution in [0.2, 0.25) is 0 Å². The zero-order valence-corrected chi connectivity index (χ0v) is 14.0. The molecule has 0 N–H and O–H groups in total. The third-order valence-electron chi connectivity index (χ3n) is 3.87. The lowest BCUT2D eigenvalue weighted by molar-refractivity contribution is 0.355. The van der Waals surface area contributed by atoms with Crippen LogP contribution in [0.25, 0.3) is 16.6 Å². The molecule has 0 aliphatic carbocycles. The summed E-state index contributed by atoms with van der Waals surface area (Å²) >= 11 is 0. The van der Waals surface area contributed by atoms with Gasteiger partial charge in [0, 0.05) is 6.07 Å². The second-order valence-corrected chi connectivity index (χ2v) is 5.20. The molecule has 6 nitrogen and oxygen atoms in total. The van der Waals surface area contributed by atoms with Crippen LogP contribution in [0.3, 0.4) is 0 Å². The van der Waals surface area contributed by atoms with Crippen molar-refractivity contribution in [3.63, 3.8) is 0 Å². The van der Waals surface area contributed by atoms with Crippen LogP contribution in [0.5, 0.6) is 17.2 Å². The van der Waals surface area contributed by atoms with Crippen molar-refractivity contribution in [3.05, 3.63) is 52.6 Å². The van der Waals surface area contributed by atoms with Crippen molar-refractivity contribution in [1.29, 1.82) is 0 Å². The molecule has 24 heavy (non-hydrogen) atoms. The molecule has 0 aliphatic heterocycles. The number of para-hydroxylation sites is 2. The summed E-state index contributed by atoms with van der Waals surface area (Å²) in [6.07, 6.45) is 0. The molecule has 2 aromatic carbocycles. The van der Waals surface area contributed by atoms with Crippen molar-refractivity contribution in [2.45, 2.75) is 6.92 Å².